The molecule has 5 nitrogen and oxygen atoms in total. The Morgan fingerprint density at radius 2 is 1.52 bits per heavy atom. The number of hydrogen-bond donors (Lipinski definition) is 3. The molecule has 156 valence electrons. The van der Waals surface area contributed by atoms with Crippen molar-refractivity contribution in [3.63, 3.8) is 0 Å². The number of hydroxylamine groups is 1. The monoisotopic (exact) mass is 412 g/mol. The van der Waals surface area contributed by atoms with Crippen molar-refractivity contribution in [2.75, 3.05) is 6.61 Å². The number of pyridine rings is 1. The second-order valence-electron chi connectivity index (χ2n) is 7.50. The van der Waals surface area contributed by atoms with Gasteiger partial charge in [-0.1, -0.05) is 66.7 Å². The highest BCUT2D eigenvalue weighted by atomic mass is 16.5. The lowest BCUT2D eigenvalue weighted by Gasteiger charge is -2.10. The molecule has 1 amide bonds. The predicted molar refractivity (Wildman–Crippen MR) is 122 cm³/mol. The first-order chi connectivity index (χ1) is 15.2. The van der Waals surface area contributed by atoms with E-state index in [2.05, 4.69) is 36.4 Å². The molecular weight excluding hydrogens is 388 g/mol. The average molecular weight is 412 g/mol. The Morgan fingerprint density at radius 3 is 2.19 bits per heavy atom. The Kier molecular flexibility index (Phi) is 6.36. The molecule has 4 rings (SSSR count). The van der Waals surface area contributed by atoms with E-state index in [1.54, 1.807) is 5.48 Å². The molecule has 5 heteroatoms. The van der Waals surface area contributed by atoms with Gasteiger partial charge in [-0.25, -0.2) is 10.5 Å². The van der Waals surface area contributed by atoms with Crippen molar-refractivity contribution >= 4 is 16.8 Å². The van der Waals surface area contributed by atoms with Crippen molar-refractivity contribution in [2.24, 2.45) is 0 Å². The lowest BCUT2D eigenvalue weighted by atomic mass is 9.98. The van der Waals surface area contributed by atoms with Gasteiger partial charge in [0.05, 0.1) is 17.6 Å². The van der Waals surface area contributed by atoms with Crippen molar-refractivity contribution in [3.05, 3.63) is 90.0 Å². The van der Waals surface area contributed by atoms with Crippen molar-refractivity contribution in [3.8, 4) is 22.4 Å². The molecule has 0 unspecified atom stereocenters. The third-order valence-electron chi connectivity index (χ3n) is 5.37. The summed E-state index contributed by atoms with van der Waals surface area (Å²) in [5, 5.41) is 18.8. The van der Waals surface area contributed by atoms with Crippen LogP contribution in [0.4, 0.5) is 0 Å². The number of para-hydroxylation sites is 1. The number of nitrogens with zero attached hydrogens (tertiary/aromatic N) is 1. The average Bonchev–Trinajstić information content (AvgIpc) is 2.83. The summed E-state index contributed by atoms with van der Waals surface area (Å²) in [5.41, 5.74) is 8.53. The van der Waals surface area contributed by atoms with E-state index < -0.39 is 5.91 Å². The van der Waals surface area contributed by atoms with Crippen LogP contribution in [0.15, 0.2) is 78.9 Å². The van der Waals surface area contributed by atoms with Crippen LogP contribution in [0.25, 0.3) is 33.3 Å². The number of rotatable bonds is 7. The topological polar surface area (TPSA) is 82.5 Å². The maximum Gasteiger partial charge on any atom is 0.247 e. The third-order valence-corrected chi connectivity index (χ3v) is 5.37. The second kappa shape index (κ2) is 9.51. The Hall–Kier alpha value is -3.54. The Labute approximate surface area is 181 Å². The molecule has 1 heterocycles. The first-order valence-electron chi connectivity index (χ1n) is 10.3. The van der Waals surface area contributed by atoms with Crippen molar-refractivity contribution in [1.82, 2.24) is 10.5 Å². The number of aliphatic hydroxyl groups is 1. The van der Waals surface area contributed by atoms with E-state index in [1.165, 1.54) is 5.56 Å². The number of fused-ring (bicyclic) bond motifs is 1. The number of carbonyl (C=O) groups is 1. The van der Waals surface area contributed by atoms with Crippen LogP contribution in [-0.4, -0.2) is 27.8 Å². The smallest absolute Gasteiger partial charge is 0.247 e. The van der Waals surface area contributed by atoms with Crippen LogP contribution in [0.3, 0.4) is 0 Å². The van der Waals surface area contributed by atoms with Crippen LogP contribution < -0.4 is 5.48 Å². The number of amides is 1. The number of nitrogens with one attached hydrogen (secondary N) is 1. The Bertz CT molecular complexity index is 1190. The van der Waals surface area contributed by atoms with Gasteiger partial charge in [0.1, 0.15) is 0 Å². The minimum absolute atomic E-state index is 0.0766. The molecule has 4 aromatic rings. The number of benzene rings is 3. The maximum atomic E-state index is 11.8. The van der Waals surface area contributed by atoms with Crippen LogP contribution in [-0.2, 0) is 17.6 Å². The highest BCUT2D eigenvalue weighted by Gasteiger charge is 2.11. The summed E-state index contributed by atoms with van der Waals surface area (Å²) < 4.78 is 0. The van der Waals surface area contributed by atoms with Gasteiger partial charge in [0.2, 0.25) is 5.91 Å². The number of aliphatic hydroxyl groups excluding tert-OH is 1. The quantitative estimate of drug-likeness (QED) is 0.307. The fourth-order valence-electron chi connectivity index (χ4n) is 3.73. The van der Waals surface area contributed by atoms with E-state index >= 15 is 0 Å². The lowest BCUT2D eigenvalue weighted by Crippen LogP contribution is -2.20. The minimum atomic E-state index is -0.458. The van der Waals surface area contributed by atoms with Crippen molar-refractivity contribution in [1.29, 1.82) is 0 Å². The fourth-order valence-corrected chi connectivity index (χ4v) is 3.73. The summed E-state index contributed by atoms with van der Waals surface area (Å²) in [5.74, 6) is -0.458. The standard InChI is InChI=1S/C26H24N2O3/c29-15-3-4-18-7-9-19(10-8-18)20-11-13-21(14-12-20)25-16-22(17-26(30)28-31)23-5-1-2-6-24(23)27-25/h1-2,5-14,16,29,31H,3-4,15,17H2,(H,28,30). The molecule has 0 bridgehead atoms. The first-order valence-corrected chi connectivity index (χ1v) is 10.3. The van der Waals surface area contributed by atoms with Gasteiger partial charge in [0, 0.05) is 17.6 Å². The second-order valence-corrected chi connectivity index (χ2v) is 7.50. The van der Waals surface area contributed by atoms with E-state index in [1.807, 2.05) is 42.5 Å². The molecular formula is C26H24N2O3. The van der Waals surface area contributed by atoms with Gasteiger partial charge in [0.25, 0.3) is 0 Å². The molecule has 0 aliphatic heterocycles. The summed E-state index contributed by atoms with van der Waals surface area (Å²) in [6.07, 6.45) is 1.72. The molecule has 0 saturated carbocycles. The van der Waals surface area contributed by atoms with Gasteiger partial charge in [-0.3, -0.25) is 10.0 Å². The number of carbonyl (C=O) groups excluding carboxylic acids is 1. The lowest BCUT2D eigenvalue weighted by molar-refractivity contribution is -0.128. The molecule has 0 atom stereocenters. The third kappa shape index (κ3) is 4.79. The summed E-state index contributed by atoms with van der Waals surface area (Å²) in [6, 6.07) is 26.2. The van der Waals surface area contributed by atoms with E-state index in [0.717, 1.165) is 51.7 Å². The normalized spacial score (nSPS) is 10.9. The molecule has 31 heavy (non-hydrogen) atoms. The molecule has 0 aliphatic carbocycles. The molecule has 3 aromatic carbocycles. The molecule has 1 aromatic heterocycles. The van der Waals surface area contributed by atoms with Crippen LogP contribution in [0, 0.1) is 0 Å². The molecule has 0 aliphatic rings. The van der Waals surface area contributed by atoms with Crippen LogP contribution in [0.2, 0.25) is 0 Å². The predicted octanol–water partition coefficient (Wildman–Crippen LogP) is 4.54. The zero-order chi connectivity index (χ0) is 21.6. The Balaban J connectivity index is 1.63. The SMILES string of the molecule is O=C(Cc1cc(-c2ccc(-c3ccc(CCCO)cc3)cc2)nc2ccccc12)NO. The van der Waals surface area contributed by atoms with Gasteiger partial charge >= 0.3 is 0 Å². The largest absolute Gasteiger partial charge is 0.396 e. The number of hydrogen-bond acceptors (Lipinski definition) is 4. The van der Waals surface area contributed by atoms with E-state index in [4.69, 9.17) is 15.3 Å². The zero-order valence-corrected chi connectivity index (χ0v) is 17.1. The first kappa shape index (κ1) is 20.7. The minimum Gasteiger partial charge on any atom is -0.396 e. The summed E-state index contributed by atoms with van der Waals surface area (Å²) in [6.45, 7) is 0.207. The van der Waals surface area contributed by atoms with Crippen LogP contribution in [0.1, 0.15) is 17.5 Å². The highest BCUT2D eigenvalue weighted by molar-refractivity contribution is 5.90. The molecule has 0 radical (unpaired) electrons. The summed E-state index contributed by atoms with van der Waals surface area (Å²) >= 11 is 0. The van der Waals surface area contributed by atoms with Gasteiger partial charge in [-0.15, -0.1) is 0 Å². The number of aromatic nitrogens is 1. The van der Waals surface area contributed by atoms with Gasteiger partial charge in [-0.2, -0.15) is 0 Å². The molecule has 0 fully saturated rings. The van der Waals surface area contributed by atoms with E-state index in [9.17, 15) is 4.79 Å². The molecule has 0 saturated heterocycles. The number of aryl methyl sites for hydroxylation is 1. The van der Waals surface area contributed by atoms with Crippen molar-refractivity contribution in [2.45, 2.75) is 19.3 Å². The van der Waals surface area contributed by atoms with Crippen LogP contribution >= 0.6 is 0 Å². The molecule has 0 spiro atoms. The highest BCUT2D eigenvalue weighted by Crippen LogP contribution is 2.28. The summed E-state index contributed by atoms with van der Waals surface area (Å²) in [7, 11) is 0. The molecule has 3 N–H and O–H groups in total. The van der Waals surface area contributed by atoms with Gasteiger partial charge in [-0.05, 0) is 47.2 Å². The Morgan fingerprint density at radius 1 is 0.871 bits per heavy atom. The maximum absolute atomic E-state index is 11.8. The van der Waals surface area contributed by atoms with Gasteiger partial charge < -0.3 is 5.11 Å². The van der Waals surface area contributed by atoms with E-state index in [0.29, 0.717) is 0 Å². The summed E-state index contributed by atoms with van der Waals surface area (Å²) in [4.78, 5) is 16.5. The fraction of sp³-hybridized carbons (Fsp3) is 0.154. The van der Waals surface area contributed by atoms with Crippen molar-refractivity contribution < 1.29 is 15.1 Å². The van der Waals surface area contributed by atoms with E-state index in [-0.39, 0.29) is 13.0 Å². The van der Waals surface area contributed by atoms with Crippen LogP contribution in [0.5, 0.6) is 0 Å². The zero-order valence-electron chi connectivity index (χ0n) is 17.1. The van der Waals surface area contributed by atoms with Gasteiger partial charge in [0.15, 0.2) is 0 Å².